The van der Waals surface area contributed by atoms with E-state index in [0.717, 1.165) is 74.2 Å². The molecule has 0 spiro atoms. The average molecular weight is 447 g/mol. The Morgan fingerprint density at radius 3 is 2.48 bits per heavy atom. The Morgan fingerprint density at radius 1 is 0.970 bits per heavy atom. The first-order valence-corrected chi connectivity index (χ1v) is 11.5. The lowest BCUT2D eigenvalue weighted by Crippen LogP contribution is -2.46. The summed E-state index contributed by atoms with van der Waals surface area (Å²) in [6.45, 7) is 8.52. The number of rotatable bonds is 8. The average Bonchev–Trinajstić information content (AvgIpc) is 3.42. The minimum absolute atomic E-state index is 0.589. The summed E-state index contributed by atoms with van der Waals surface area (Å²) in [4.78, 5) is 18.7. The van der Waals surface area contributed by atoms with Gasteiger partial charge < -0.3 is 18.6 Å². The van der Waals surface area contributed by atoms with Crippen LogP contribution in [0.4, 0.5) is 0 Å². The van der Waals surface area contributed by atoms with Gasteiger partial charge in [0.15, 0.2) is 11.5 Å². The molecule has 172 valence electrons. The van der Waals surface area contributed by atoms with Gasteiger partial charge in [0, 0.05) is 45.8 Å². The van der Waals surface area contributed by atoms with E-state index in [1.54, 1.807) is 13.3 Å². The Hall–Kier alpha value is -3.23. The van der Waals surface area contributed by atoms with Crippen molar-refractivity contribution in [2.24, 2.45) is 0 Å². The molecule has 5 rings (SSSR count). The van der Waals surface area contributed by atoms with Crippen molar-refractivity contribution in [3.05, 3.63) is 71.8 Å². The molecule has 3 aromatic heterocycles. The lowest BCUT2D eigenvalue weighted by molar-refractivity contribution is 0.125. The summed E-state index contributed by atoms with van der Waals surface area (Å²) < 4.78 is 13.1. The van der Waals surface area contributed by atoms with Gasteiger partial charge in [0.1, 0.15) is 22.9 Å². The molecule has 4 aromatic rings. The van der Waals surface area contributed by atoms with Crippen LogP contribution in [0.3, 0.4) is 0 Å². The number of aryl methyl sites for hydroxylation is 1. The summed E-state index contributed by atoms with van der Waals surface area (Å²) in [5, 5.41) is 0. The van der Waals surface area contributed by atoms with E-state index in [4.69, 9.17) is 14.1 Å². The molecule has 0 bridgehead atoms. The Morgan fingerprint density at radius 2 is 1.76 bits per heavy atom. The van der Waals surface area contributed by atoms with Crippen molar-refractivity contribution in [2.75, 3.05) is 39.8 Å². The quantitative estimate of drug-likeness (QED) is 0.412. The van der Waals surface area contributed by atoms with Gasteiger partial charge in [-0.05, 0) is 36.2 Å². The second-order valence-corrected chi connectivity index (χ2v) is 8.52. The molecule has 33 heavy (non-hydrogen) atoms. The van der Waals surface area contributed by atoms with Crippen LogP contribution in [-0.2, 0) is 19.5 Å². The van der Waals surface area contributed by atoms with Crippen molar-refractivity contribution < 1.29 is 9.15 Å². The van der Waals surface area contributed by atoms with Crippen LogP contribution in [0.25, 0.3) is 11.2 Å². The molecule has 8 heteroatoms. The molecule has 0 N–H and O–H groups in total. The van der Waals surface area contributed by atoms with E-state index in [1.165, 1.54) is 5.56 Å². The number of hydrogen-bond donors (Lipinski definition) is 0. The second kappa shape index (κ2) is 9.72. The van der Waals surface area contributed by atoms with Crippen LogP contribution in [-0.4, -0.2) is 69.2 Å². The summed E-state index contributed by atoms with van der Waals surface area (Å²) in [6, 6.07) is 12.3. The minimum Gasteiger partial charge on any atom is -0.497 e. The molecule has 0 amide bonds. The molecule has 4 heterocycles. The molecule has 1 fully saturated rings. The SMILES string of the molecule is COc1ccc(CCN2CCN(Cc3nc4cccnc4n3Cc3cnc(C)o3)CC2)cc1. The highest BCUT2D eigenvalue weighted by molar-refractivity contribution is 5.71. The van der Waals surface area contributed by atoms with Gasteiger partial charge in [-0.3, -0.25) is 4.90 Å². The van der Waals surface area contributed by atoms with Gasteiger partial charge in [-0.2, -0.15) is 0 Å². The summed E-state index contributed by atoms with van der Waals surface area (Å²) >= 11 is 0. The smallest absolute Gasteiger partial charge is 0.191 e. The van der Waals surface area contributed by atoms with Crippen LogP contribution in [0.5, 0.6) is 5.75 Å². The molecule has 1 saturated heterocycles. The number of hydrogen-bond acceptors (Lipinski definition) is 7. The maximum absolute atomic E-state index is 5.73. The molecule has 8 nitrogen and oxygen atoms in total. The van der Waals surface area contributed by atoms with Gasteiger partial charge in [0.25, 0.3) is 0 Å². The van der Waals surface area contributed by atoms with Gasteiger partial charge >= 0.3 is 0 Å². The van der Waals surface area contributed by atoms with E-state index >= 15 is 0 Å². The van der Waals surface area contributed by atoms with Crippen LogP contribution in [0, 0.1) is 6.92 Å². The van der Waals surface area contributed by atoms with E-state index in [0.29, 0.717) is 12.4 Å². The Balaban J connectivity index is 1.20. The minimum atomic E-state index is 0.589. The molecule has 1 aliphatic rings. The monoisotopic (exact) mass is 446 g/mol. The maximum Gasteiger partial charge on any atom is 0.191 e. The molecule has 0 saturated carbocycles. The fraction of sp³-hybridized carbons (Fsp3) is 0.400. The van der Waals surface area contributed by atoms with Gasteiger partial charge in [0.05, 0.1) is 26.4 Å². The standard InChI is InChI=1S/C25H30N6O2/c1-19-27-16-22(33-19)17-31-24(28-23-4-3-10-26-25(23)31)18-30-14-12-29(13-15-30)11-9-20-5-7-21(32-2)8-6-20/h3-8,10,16H,9,11-15,17-18H2,1-2H3. The predicted molar refractivity (Wildman–Crippen MR) is 126 cm³/mol. The van der Waals surface area contributed by atoms with E-state index in [9.17, 15) is 0 Å². The molecule has 0 radical (unpaired) electrons. The third-order valence-electron chi connectivity index (χ3n) is 6.27. The highest BCUT2D eigenvalue weighted by Crippen LogP contribution is 2.19. The van der Waals surface area contributed by atoms with E-state index in [2.05, 4.69) is 36.5 Å². The lowest BCUT2D eigenvalue weighted by atomic mass is 10.1. The molecule has 1 aromatic carbocycles. The number of imidazole rings is 1. The summed E-state index contributed by atoms with van der Waals surface area (Å²) in [5.41, 5.74) is 3.16. The molecule has 0 aliphatic carbocycles. The van der Waals surface area contributed by atoms with Crippen molar-refractivity contribution >= 4 is 11.2 Å². The third kappa shape index (κ3) is 5.07. The predicted octanol–water partition coefficient (Wildman–Crippen LogP) is 3.14. The zero-order valence-corrected chi connectivity index (χ0v) is 19.3. The summed E-state index contributed by atoms with van der Waals surface area (Å²) in [6.07, 6.45) is 4.66. The van der Waals surface area contributed by atoms with E-state index in [1.807, 2.05) is 37.4 Å². The third-order valence-corrected chi connectivity index (χ3v) is 6.27. The molecular weight excluding hydrogens is 416 g/mol. The number of benzene rings is 1. The molecule has 1 aliphatic heterocycles. The normalized spacial score (nSPS) is 15.3. The van der Waals surface area contributed by atoms with Crippen LogP contribution in [0.1, 0.15) is 23.0 Å². The molecule has 0 atom stereocenters. The van der Waals surface area contributed by atoms with Crippen molar-refractivity contribution in [3.8, 4) is 5.75 Å². The summed E-state index contributed by atoms with van der Waals surface area (Å²) in [5.74, 6) is 3.42. The first kappa shape index (κ1) is 21.6. The Kier molecular flexibility index (Phi) is 6.37. The first-order chi connectivity index (χ1) is 16.2. The molecule has 0 unspecified atom stereocenters. The Bertz CT molecular complexity index is 1190. The van der Waals surface area contributed by atoms with Crippen LogP contribution in [0.2, 0.25) is 0 Å². The van der Waals surface area contributed by atoms with Crippen LogP contribution >= 0.6 is 0 Å². The number of aromatic nitrogens is 4. The highest BCUT2D eigenvalue weighted by Gasteiger charge is 2.21. The highest BCUT2D eigenvalue weighted by atomic mass is 16.5. The van der Waals surface area contributed by atoms with Gasteiger partial charge in [-0.25, -0.2) is 15.0 Å². The van der Waals surface area contributed by atoms with Crippen molar-refractivity contribution in [3.63, 3.8) is 0 Å². The maximum atomic E-state index is 5.73. The van der Waals surface area contributed by atoms with Gasteiger partial charge in [-0.15, -0.1) is 0 Å². The van der Waals surface area contributed by atoms with Gasteiger partial charge in [-0.1, -0.05) is 12.1 Å². The fourth-order valence-corrected chi connectivity index (χ4v) is 4.38. The topological polar surface area (TPSA) is 72.5 Å². The zero-order valence-electron chi connectivity index (χ0n) is 19.3. The van der Waals surface area contributed by atoms with E-state index < -0.39 is 0 Å². The number of ether oxygens (including phenoxy) is 1. The van der Waals surface area contributed by atoms with Crippen molar-refractivity contribution in [2.45, 2.75) is 26.4 Å². The zero-order chi connectivity index (χ0) is 22.6. The van der Waals surface area contributed by atoms with E-state index in [-0.39, 0.29) is 0 Å². The number of piperazine rings is 1. The second-order valence-electron chi connectivity index (χ2n) is 8.52. The van der Waals surface area contributed by atoms with Crippen molar-refractivity contribution in [1.29, 1.82) is 0 Å². The lowest BCUT2D eigenvalue weighted by Gasteiger charge is -2.34. The summed E-state index contributed by atoms with van der Waals surface area (Å²) in [7, 11) is 1.70. The first-order valence-electron chi connectivity index (χ1n) is 11.5. The number of fused-ring (bicyclic) bond motifs is 1. The van der Waals surface area contributed by atoms with Crippen molar-refractivity contribution in [1.82, 2.24) is 29.3 Å². The largest absolute Gasteiger partial charge is 0.497 e. The van der Waals surface area contributed by atoms with Crippen LogP contribution < -0.4 is 4.74 Å². The number of oxazole rings is 1. The number of nitrogens with zero attached hydrogens (tertiary/aromatic N) is 6. The fourth-order valence-electron chi connectivity index (χ4n) is 4.38. The van der Waals surface area contributed by atoms with Crippen LogP contribution in [0.15, 0.2) is 53.2 Å². The molecular formula is C25H30N6O2. The van der Waals surface area contributed by atoms with Gasteiger partial charge in [0.2, 0.25) is 0 Å². The number of methoxy groups -OCH3 is 1. The Labute approximate surface area is 193 Å². The number of pyridine rings is 1.